The van der Waals surface area contributed by atoms with Gasteiger partial charge in [-0.1, -0.05) is 66.7 Å². The van der Waals surface area contributed by atoms with E-state index in [9.17, 15) is 19.5 Å². The minimum Gasteiger partial charge on any atom is -0.497 e. The van der Waals surface area contributed by atoms with Crippen LogP contribution in [0, 0.1) is 0 Å². The van der Waals surface area contributed by atoms with Crippen LogP contribution in [-0.2, 0) is 26.3 Å². The zero-order chi connectivity index (χ0) is 39.2. The van der Waals surface area contributed by atoms with Crippen LogP contribution in [0.15, 0.2) is 113 Å². The van der Waals surface area contributed by atoms with Crippen LogP contribution in [0.3, 0.4) is 0 Å². The number of ether oxygens (including phenoxy) is 4. The van der Waals surface area contributed by atoms with Crippen LogP contribution in [-0.4, -0.2) is 103 Å². The smallest absolute Gasteiger partial charge is 0.344 e. The standard InChI is InChI=1S/C42H43N5O9/c1-53-32-18-13-29(14-19-32)42(28-6-4-3-5-7-28,30-15-20-33(54-2)21-16-30)55-24-35-34(50)22-36(56-35)47-25-43-37-38(45-41(52)46-39(37)47)44-40(51)27-11-8-26(9-12-27)10-17-31(49)23-48/h3-9,11-16,18-21,25,34-37,39,48,50H,10,17,22-24H2,1-2H3,(H2,44,45,46,51,52)/t34?,35-,36-,37?,39?/m1/s1. The maximum Gasteiger partial charge on any atom is 0.344 e. The van der Waals surface area contributed by atoms with Gasteiger partial charge in [0.25, 0.3) is 5.91 Å². The second-order valence-corrected chi connectivity index (χ2v) is 13.6. The molecule has 3 aliphatic heterocycles. The normalized spacial score (nSPS) is 21.6. The quantitative estimate of drug-likeness (QED) is 0.139. The number of aryl methyl sites for hydroxylation is 1. The topological polar surface area (TPSA) is 181 Å². The summed E-state index contributed by atoms with van der Waals surface area (Å²) in [5.41, 5.74) is 2.56. The fourth-order valence-electron chi connectivity index (χ4n) is 7.23. The fourth-order valence-corrected chi connectivity index (χ4v) is 7.23. The molecule has 1 saturated heterocycles. The molecular formula is C42H43N5O9. The molecule has 290 valence electrons. The number of benzene rings is 4. The van der Waals surface area contributed by atoms with E-state index >= 15 is 0 Å². The summed E-state index contributed by atoms with van der Waals surface area (Å²) in [6, 6.07) is 30.4. The first-order valence-corrected chi connectivity index (χ1v) is 18.3. The van der Waals surface area contributed by atoms with Crippen molar-refractivity contribution in [1.29, 1.82) is 0 Å². The van der Waals surface area contributed by atoms with E-state index in [-0.39, 0.29) is 31.1 Å². The molecule has 0 bridgehead atoms. The molecule has 4 N–H and O–H groups in total. The van der Waals surface area contributed by atoms with Crippen molar-refractivity contribution in [3.63, 3.8) is 0 Å². The summed E-state index contributed by atoms with van der Waals surface area (Å²) in [4.78, 5) is 47.8. The largest absolute Gasteiger partial charge is 0.497 e. The summed E-state index contributed by atoms with van der Waals surface area (Å²) in [5, 5.41) is 25.9. The molecule has 14 nitrogen and oxygen atoms in total. The molecular weight excluding hydrogens is 718 g/mol. The molecule has 3 unspecified atom stereocenters. The number of hydrogen-bond donors (Lipinski definition) is 4. The van der Waals surface area contributed by atoms with Gasteiger partial charge in [-0.15, -0.1) is 0 Å². The summed E-state index contributed by atoms with van der Waals surface area (Å²) in [7, 11) is 3.22. The molecule has 56 heavy (non-hydrogen) atoms. The lowest BCUT2D eigenvalue weighted by Gasteiger charge is -2.37. The predicted octanol–water partition coefficient (Wildman–Crippen LogP) is 3.57. The third kappa shape index (κ3) is 7.91. The van der Waals surface area contributed by atoms with Gasteiger partial charge in [0, 0.05) is 18.4 Å². The molecule has 3 amide bonds. The van der Waals surface area contributed by atoms with Crippen molar-refractivity contribution in [2.75, 3.05) is 27.4 Å². The van der Waals surface area contributed by atoms with Gasteiger partial charge in [0.15, 0.2) is 5.78 Å². The van der Waals surface area contributed by atoms with Crippen LogP contribution in [0.2, 0.25) is 0 Å². The van der Waals surface area contributed by atoms with Crippen molar-refractivity contribution in [2.24, 2.45) is 9.98 Å². The molecule has 7 rings (SSSR count). The minimum atomic E-state index is -1.12. The summed E-state index contributed by atoms with van der Waals surface area (Å²) in [6.07, 6.45) is -0.748. The average molecular weight is 762 g/mol. The highest BCUT2D eigenvalue weighted by Crippen LogP contribution is 2.42. The van der Waals surface area contributed by atoms with E-state index in [1.54, 1.807) is 43.4 Å². The Kier molecular flexibility index (Phi) is 11.5. The lowest BCUT2D eigenvalue weighted by atomic mass is 9.80. The highest BCUT2D eigenvalue weighted by atomic mass is 16.6. The van der Waals surface area contributed by atoms with Gasteiger partial charge in [-0.2, -0.15) is 4.99 Å². The van der Waals surface area contributed by atoms with Crippen molar-refractivity contribution < 1.29 is 43.5 Å². The third-order valence-electron chi connectivity index (χ3n) is 10.3. The van der Waals surface area contributed by atoms with Gasteiger partial charge in [-0.25, -0.2) is 4.79 Å². The van der Waals surface area contributed by atoms with E-state index in [0.29, 0.717) is 23.5 Å². The highest BCUT2D eigenvalue weighted by Gasteiger charge is 2.48. The summed E-state index contributed by atoms with van der Waals surface area (Å²) >= 11 is 0. The molecule has 0 aliphatic carbocycles. The fraction of sp³-hybridized carbons (Fsp3) is 0.310. The van der Waals surface area contributed by atoms with Crippen molar-refractivity contribution >= 4 is 29.9 Å². The monoisotopic (exact) mass is 761 g/mol. The first kappa shape index (κ1) is 38.3. The number of carbonyl (C=O) groups is 3. The lowest BCUT2D eigenvalue weighted by molar-refractivity contribution is -0.121. The SMILES string of the molecule is COc1ccc(C(OC[C@H]2O[C@@H](N3C=NC4C(NC(=O)c5ccc(CCC(=O)CO)cc5)=NC(=O)NC43)CC2O)(c2ccccc2)c2ccc(OC)cc2)cc1. The van der Waals surface area contributed by atoms with Gasteiger partial charge in [-0.3, -0.25) is 14.6 Å². The molecule has 0 spiro atoms. The van der Waals surface area contributed by atoms with Crippen LogP contribution in [0.5, 0.6) is 11.5 Å². The number of aliphatic hydroxyl groups excluding tert-OH is 2. The van der Waals surface area contributed by atoms with Gasteiger partial charge in [-0.05, 0) is 65.1 Å². The molecule has 3 aliphatic rings. The number of Topliss-reactive ketones (excluding diaryl/α,β-unsaturated/α-hetero) is 1. The van der Waals surface area contributed by atoms with Crippen molar-refractivity contribution in [3.8, 4) is 11.5 Å². The van der Waals surface area contributed by atoms with Crippen molar-refractivity contribution in [1.82, 2.24) is 15.5 Å². The van der Waals surface area contributed by atoms with Crippen molar-refractivity contribution in [3.05, 3.63) is 131 Å². The first-order chi connectivity index (χ1) is 27.2. The zero-order valence-electron chi connectivity index (χ0n) is 30.9. The van der Waals surface area contributed by atoms with E-state index in [0.717, 1.165) is 22.3 Å². The number of amides is 3. The number of aliphatic hydroxyl groups is 2. The number of nitrogens with one attached hydrogen (secondary N) is 2. The van der Waals surface area contributed by atoms with Gasteiger partial charge in [0.2, 0.25) is 0 Å². The van der Waals surface area contributed by atoms with E-state index in [2.05, 4.69) is 20.6 Å². The van der Waals surface area contributed by atoms with Gasteiger partial charge in [0.1, 0.15) is 54.1 Å². The molecule has 0 radical (unpaired) electrons. The van der Waals surface area contributed by atoms with Crippen LogP contribution >= 0.6 is 0 Å². The first-order valence-electron chi connectivity index (χ1n) is 18.3. The second kappa shape index (κ2) is 16.8. The van der Waals surface area contributed by atoms with Crippen molar-refractivity contribution in [2.45, 2.75) is 55.5 Å². The number of carbonyl (C=O) groups excluding carboxylic acids is 3. The Morgan fingerprint density at radius 2 is 1.54 bits per heavy atom. The van der Waals surface area contributed by atoms with E-state index in [1.165, 1.54) is 6.34 Å². The van der Waals surface area contributed by atoms with Crippen LogP contribution in [0.4, 0.5) is 4.79 Å². The molecule has 0 saturated carbocycles. The number of methoxy groups -OCH3 is 2. The Morgan fingerprint density at radius 1 is 0.911 bits per heavy atom. The molecule has 14 heteroatoms. The van der Waals surface area contributed by atoms with Gasteiger partial charge in [0.05, 0.1) is 33.3 Å². The molecule has 5 atom stereocenters. The predicted molar refractivity (Wildman–Crippen MR) is 206 cm³/mol. The number of fused-ring (bicyclic) bond motifs is 1. The van der Waals surface area contributed by atoms with Gasteiger partial charge >= 0.3 is 6.03 Å². The minimum absolute atomic E-state index is 0.00461. The Hall–Kier alpha value is -5.93. The number of ketones is 1. The average Bonchev–Trinajstić information content (AvgIpc) is 3.83. The summed E-state index contributed by atoms with van der Waals surface area (Å²) in [5.74, 6) is 0.711. The number of rotatable bonds is 14. The van der Waals surface area contributed by atoms with Crippen LogP contribution in [0.1, 0.15) is 45.5 Å². The molecule has 1 fully saturated rings. The maximum atomic E-state index is 13.2. The van der Waals surface area contributed by atoms with Crippen LogP contribution < -0.4 is 20.1 Å². The lowest BCUT2D eigenvalue weighted by Crippen LogP contribution is -2.60. The Morgan fingerprint density at radius 3 is 2.14 bits per heavy atom. The van der Waals surface area contributed by atoms with E-state index in [4.69, 9.17) is 24.1 Å². The summed E-state index contributed by atoms with van der Waals surface area (Å²) in [6.45, 7) is -0.512. The number of hydrogen-bond acceptors (Lipinski definition) is 11. The number of urea groups is 1. The van der Waals surface area contributed by atoms with Crippen LogP contribution in [0.25, 0.3) is 0 Å². The molecule has 3 heterocycles. The third-order valence-corrected chi connectivity index (χ3v) is 10.3. The Bertz CT molecular complexity index is 2030. The second-order valence-electron chi connectivity index (χ2n) is 13.6. The van der Waals surface area contributed by atoms with E-state index in [1.807, 2.05) is 78.9 Å². The Balaban J connectivity index is 1.07. The molecule has 0 aromatic heterocycles. The number of nitrogens with zero attached hydrogens (tertiary/aromatic N) is 3. The van der Waals surface area contributed by atoms with E-state index < -0.39 is 54.8 Å². The van der Waals surface area contributed by atoms with Gasteiger partial charge < -0.3 is 44.7 Å². The zero-order valence-corrected chi connectivity index (χ0v) is 30.9. The number of aliphatic imine (C=N–C) groups is 2. The Labute approximate surface area is 323 Å². The highest BCUT2D eigenvalue weighted by molar-refractivity contribution is 6.12. The maximum absolute atomic E-state index is 13.2. The molecule has 4 aromatic carbocycles. The number of amidine groups is 1. The molecule has 4 aromatic rings. The summed E-state index contributed by atoms with van der Waals surface area (Å²) < 4.78 is 24.4.